The van der Waals surface area contributed by atoms with Crippen molar-refractivity contribution in [1.29, 1.82) is 0 Å². The van der Waals surface area contributed by atoms with Crippen LogP contribution in [0.4, 0.5) is 5.82 Å². The number of rotatable bonds is 4. The molecule has 0 radical (unpaired) electrons. The number of hydrazine groups is 1. The zero-order valence-corrected chi connectivity index (χ0v) is 9.79. The smallest absolute Gasteiger partial charge is 0.272 e. The summed E-state index contributed by atoms with van der Waals surface area (Å²) in [7, 11) is 1.81. The molecule has 0 aromatic carbocycles. The van der Waals surface area contributed by atoms with Gasteiger partial charge < -0.3 is 10.7 Å². The molecule has 8 nitrogen and oxygen atoms in total. The van der Waals surface area contributed by atoms with Crippen molar-refractivity contribution >= 4 is 11.7 Å². The lowest BCUT2D eigenvalue weighted by Gasteiger charge is -2.05. The zero-order chi connectivity index (χ0) is 13.0. The highest BCUT2D eigenvalue weighted by Crippen LogP contribution is 2.01. The number of aryl methyl sites for hydroxylation is 1. The second kappa shape index (κ2) is 5.23. The van der Waals surface area contributed by atoms with Crippen molar-refractivity contribution in [1.82, 2.24) is 25.3 Å². The molecule has 8 heteroatoms. The lowest BCUT2D eigenvalue weighted by molar-refractivity contribution is 0.0944. The summed E-state index contributed by atoms with van der Waals surface area (Å²) in [5.41, 5.74) is 3.47. The van der Waals surface area contributed by atoms with Crippen LogP contribution in [0.15, 0.2) is 24.4 Å². The molecule has 1 amide bonds. The number of aromatic nitrogens is 4. The first-order chi connectivity index (χ1) is 8.70. The molecule has 0 spiro atoms. The number of amides is 1. The van der Waals surface area contributed by atoms with Gasteiger partial charge in [-0.25, -0.2) is 5.84 Å². The van der Waals surface area contributed by atoms with E-state index in [-0.39, 0.29) is 11.6 Å². The quantitative estimate of drug-likeness (QED) is 0.492. The van der Waals surface area contributed by atoms with Crippen LogP contribution in [0.3, 0.4) is 0 Å². The topological polar surface area (TPSA) is 111 Å². The van der Waals surface area contributed by atoms with E-state index in [1.165, 1.54) is 0 Å². The lowest BCUT2D eigenvalue weighted by Crippen LogP contribution is -2.25. The van der Waals surface area contributed by atoms with Crippen molar-refractivity contribution in [2.45, 2.75) is 6.54 Å². The summed E-state index contributed by atoms with van der Waals surface area (Å²) in [4.78, 5) is 11.8. The maximum Gasteiger partial charge on any atom is 0.272 e. The summed E-state index contributed by atoms with van der Waals surface area (Å²) in [6.07, 6.45) is 1.67. The van der Waals surface area contributed by atoms with Gasteiger partial charge in [0.05, 0.1) is 12.2 Å². The minimum Gasteiger partial charge on any atom is -0.345 e. The Balaban J connectivity index is 1.97. The highest BCUT2D eigenvalue weighted by Gasteiger charge is 2.08. The highest BCUT2D eigenvalue weighted by atomic mass is 16.1. The summed E-state index contributed by atoms with van der Waals surface area (Å²) < 4.78 is 1.69. The SMILES string of the molecule is Cn1nccc1CNC(=O)c1ccc(NN)nn1. The van der Waals surface area contributed by atoms with Gasteiger partial charge in [0.25, 0.3) is 5.91 Å². The normalized spacial score (nSPS) is 10.1. The van der Waals surface area contributed by atoms with Crippen LogP contribution in [0.25, 0.3) is 0 Å². The molecule has 0 aliphatic rings. The van der Waals surface area contributed by atoms with Crippen LogP contribution in [0.5, 0.6) is 0 Å². The van der Waals surface area contributed by atoms with E-state index in [4.69, 9.17) is 5.84 Å². The van der Waals surface area contributed by atoms with Crippen LogP contribution >= 0.6 is 0 Å². The minimum absolute atomic E-state index is 0.233. The molecule has 2 heterocycles. The fraction of sp³-hybridized carbons (Fsp3) is 0.200. The largest absolute Gasteiger partial charge is 0.345 e. The van der Waals surface area contributed by atoms with Crippen LogP contribution in [0.2, 0.25) is 0 Å². The van der Waals surface area contributed by atoms with Crippen molar-refractivity contribution in [3.05, 3.63) is 35.8 Å². The molecule has 4 N–H and O–H groups in total. The van der Waals surface area contributed by atoms with Crippen molar-refractivity contribution in [3.63, 3.8) is 0 Å². The second-order valence-corrected chi connectivity index (χ2v) is 3.58. The molecule has 94 valence electrons. The second-order valence-electron chi connectivity index (χ2n) is 3.58. The lowest BCUT2D eigenvalue weighted by atomic mass is 10.3. The Morgan fingerprint density at radius 3 is 2.78 bits per heavy atom. The van der Waals surface area contributed by atoms with E-state index in [0.717, 1.165) is 5.69 Å². The van der Waals surface area contributed by atoms with Gasteiger partial charge in [0, 0.05) is 13.2 Å². The van der Waals surface area contributed by atoms with E-state index in [1.54, 1.807) is 23.0 Å². The van der Waals surface area contributed by atoms with Gasteiger partial charge in [-0.3, -0.25) is 9.48 Å². The Labute approximate surface area is 103 Å². The van der Waals surface area contributed by atoms with Gasteiger partial charge in [0.15, 0.2) is 11.5 Å². The first-order valence-electron chi connectivity index (χ1n) is 5.26. The van der Waals surface area contributed by atoms with Gasteiger partial charge in [-0.2, -0.15) is 5.10 Å². The van der Waals surface area contributed by atoms with E-state index in [1.807, 2.05) is 13.1 Å². The molecule has 0 bridgehead atoms. The molecule has 0 aliphatic heterocycles. The molecule has 2 aromatic rings. The predicted molar refractivity (Wildman–Crippen MR) is 64.2 cm³/mol. The monoisotopic (exact) mass is 247 g/mol. The summed E-state index contributed by atoms with van der Waals surface area (Å²) in [6.45, 7) is 0.383. The van der Waals surface area contributed by atoms with Gasteiger partial charge in [0.1, 0.15) is 0 Å². The Morgan fingerprint density at radius 1 is 1.39 bits per heavy atom. The average molecular weight is 247 g/mol. The molecular formula is C10H13N7O. The Morgan fingerprint density at radius 2 is 2.22 bits per heavy atom. The van der Waals surface area contributed by atoms with Gasteiger partial charge in [-0.05, 0) is 18.2 Å². The first-order valence-corrected chi connectivity index (χ1v) is 5.26. The molecule has 0 unspecified atom stereocenters. The zero-order valence-electron chi connectivity index (χ0n) is 9.79. The van der Waals surface area contributed by atoms with Crippen LogP contribution in [-0.4, -0.2) is 25.9 Å². The van der Waals surface area contributed by atoms with Gasteiger partial charge >= 0.3 is 0 Å². The van der Waals surface area contributed by atoms with Crippen LogP contribution in [0.1, 0.15) is 16.2 Å². The number of nitrogens with two attached hydrogens (primary N) is 1. The summed E-state index contributed by atoms with van der Waals surface area (Å²) in [6, 6.07) is 4.94. The number of nitrogens with one attached hydrogen (secondary N) is 2. The molecule has 2 aromatic heterocycles. The van der Waals surface area contributed by atoms with E-state index < -0.39 is 0 Å². The molecule has 18 heavy (non-hydrogen) atoms. The number of anilines is 1. The third-order valence-electron chi connectivity index (χ3n) is 2.40. The summed E-state index contributed by atoms with van der Waals surface area (Å²) >= 11 is 0. The van der Waals surface area contributed by atoms with Crippen molar-refractivity contribution < 1.29 is 4.79 Å². The Bertz CT molecular complexity index is 533. The van der Waals surface area contributed by atoms with E-state index in [9.17, 15) is 4.79 Å². The third kappa shape index (κ3) is 2.61. The predicted octanol–water partition coefficient (Wildman–Crippen LogP) is -0.574. The summed E-state index contributed by atoms with van der Waals surface area (Å²) in [5.74, 6) is 5.26. The third-order valence-corrected chi connectivity index (χ3v) is 2.40. The molecule has 0 fully saturated rings. The first kappa shape index (κ1) is 12.0. The van der Waals surface area contributed by atoms with Crippen LogP contribution < -0.4 is 16.6 Å². The van der Waals surface area contributed by atoms with Crippen molar-refractivity contribution in [3.8, 4) is 0 Å². The molecule has 0 saturated heterocycles. The molecule has 0 aliphatic carbocycles. The minimum atomic E-state index is -0.299. The van der Waals surface area contributed by atoms with E-state index >= 15 is 0 Å². The Hall–Kier alpha value is -2.48. The number of hydrogen-bond acceptors (Lipinski definition) is 6. The molecule has 0 saturated carbocycles. The number of carbonyl (C=O) groups excluding carboxylic acids is 1. The van der Waals surface area contributed by atoms with Crippen molar-refractivity contribution in [2.24, 2.45) is 12.9 Å². The number of nitrogen functional groups attached to an aromatic ring is 1. The summed E-state index contributed by atoms with van der Waals surface area (Å²) in [5, 5.41) is 14.2. The fourth-order valence-corrected chi connectivity index (χ4v) is 1.37. The number of carbonyl (C=O) groups is 1. The van der Waals surface area contributed by atoms with Crippen molar-refractivity contribution in [2.75, 3.05) is 5.43 Å². The van der Waals surface area contributed by atoms with E-state index in [0.29, 0.717) is 12.4 Å². The maximum absolute atomic E-state index is 11.8. The molecule has 2 rings (SSSR count). The highest BCUT2D eigenvalue weighted by molar-refractivity contribution is 5.92. The van der Waals surface area contributed by atoms with Gasteiger partial charge in [-0.15, -0.1) is 10.2 Å². The molecule has 0 atom stereocenters. The van der Waals surface area contributed by atoms with E-state index in [2.05, 4.69) is 26.0 Å². The number of nitrogens with zero attached hydrogens (tertiary/aromatic N) is 4. The van der Waals surface area contributed by atoms with Gasteiger partial charge in [0.2, 0.25) is 0 Å². The molecular weight excluding hydrogens is 234 g/mol. The number of hydrogen-bond donors (Lipinski definition) is 3. The maximum atomic E-state index is 11.8. The Kier molecular flexibility index (Phi) is 3.49. The van der Waals surface area contributed by atoms with Gasteiger partial charge in [-0.1, -0.05) is 0 Å². The average Bonchev–Trinajstić information content (AvgIpc) is 2.81. The van der Waals surface area contributed by atoms with Crippen LogP contribution in [-0.2, 0) is 13.6 Å². The standard InChI is InChI=1S/C10H13N7O/c1-17-7(4-5-13-17)6-12-10(18)8-2-3-9(14-11)16-15-8/h2-5H,6,11H2,1H3,(H,12,18)(H,14,16). The van der Waals surface area contributed by atoms with Crippen LogP contribution in [0, 0.1) is 0 Å². The fourth-order valence-electron chi connectivity index (χ4n) is 1.37.